The van der Waals surface area contributed by atoms with Crippen LogP contribution in [0.25, 0.3) is 0 Å². The zero-order valence-corrected chi connectivity index (χ0v) is 13.1. The summed E-state index contributed by atoms with van der Waals surface area (Å²) in [7, 11) is 3.11. The maximum absolute atomic E-state index is 6.19. The molecule has 0 fully saturated rings. The van der Waals surface area contributed by atoms with E-state index >= 15 is 0 Å². The number of hydrogen-bond acceptors (Lipinski definition) is 4. The first-order valence-corrected chi connectivity index (χ1v) is 6.83. The van der Waals surface area contributed by atoms with Crippen LogP contribution in [0.2, 0.25) is 5.02 Å². The molecule has 0 aliphatic rings. The smallest absolute Gasteiger partial charge is 0.211 e. The van der Waals surface area contributed by atoms with Gasteiger partial charge in [-0.2, -0.15) is 0 Å². The van der Waals surface area contributed by atoms with Crippen LogP contribution in [-0.2, 0) is 0 Å². The Bertz CT molecular complexity index is 654. The van der Waals surface area contributed by atoms with Gasteiger partial charge in [0.2, 0.25) is 5.75 Å². The summed E-state index contributed by atoms with van der Waals surface area (Å²) in [6.45, 7) is 0. The molecule has 0 spiro atoms. The average Bonchev–Trinajstić information content (AvgIpc) is 2.49. The van der Waals surface area contributed by atoms with E-state index < -0.39 is 0 Å². The van der Waals surface area contributed by atoms with Crippen molar-refractivity contribution < 1.29 is 14.2 Å². The van der Waals surface area contributed by atoms with Crippen LogP contribution in [0.5, 0.6) is 23.0 Å². The summed E-state index contributed by atoms with van der Waals surface area (Å²) in [4.78, 5) is 0.276. The molecule has 4 nitrogen and oxygen atoms in total. The van der Waals surface area contributed by atoms with Crippen LogP contribution >= 0.6 is 23.8 Å². The number of benzene rings is 2. The predicted molar refractivity (Wildman–Crippen MR) is 87.0 cm³/mol. The molecule has 2 N–H and O–H groups in total. The van der Waals surface area contributed by atoms with E-state index in [4.69, 9.17) is 43.8 Å². The molecule has 0 radical (unpaired) electrons. The van der Waals surface area contributed by atoms with Crippen molar-refractivity contribution in [1.82, 2.24) is 0 Å². The maximum atomic E-state index is 6.19. The predicted octanol–water partition coefficient (Wildman–Crippen LogP) is 3.78. The Hall–Kier alpha value is -1.98. The average molecular weight is 324 g/mol. The molecule has 0 unspecified atom stereocenters. The van der Waals surface area contributed by atoms with Gasteiger partial charge in [0, 0.05) is 5.56 Å². The number of nitrogens with two attached hydrogens (primary N) is 1. The largest absolute Gasteiger partial charge is 0.493 e. The summed E-state index contributed by atoms with van der Waals surface area (Å²) >= 11 is 11.1. The van der Waals surface area contributed by atoms with Gasteiger partial charge in [-0.3, -0.25) is 0 Å². The van der Waals surface area contributed by atoms with Gasteiger partial charge in [-0.15, -0.1) is 0 Å². The van der Waals surface area contributed by atoms with Crippen LogP contribution in [-0.4, -0.2) is 19.2 Å². The van der Waals surface area contributed by atoms with E-state index in [1.54, 1.807) is 44.6 Å². The molecular weight excluding hydrogens is 310 g/mol. The molecule has 0 amide bonds. The van der Waals surface area contributed by atoms with Gasteiger partial charge in [0.25, 0.3) is 0 Å². The zero-order valence-electron chi connectivity index (χ0n) is 11.6. The molecule has 110 valence electrons. The van der Waals surface area contributed by atoms with Crippen molar-refractivity contribution in [3.8, 4) is 23.0 Å². The van der Waals surface area contributed by atoms with Gasteiger partial charge in [-0.25, -0.2) is 0 Å². The van der Waals surface area contributed by atoms with Crippen LogP contribution < -0.4 is 19.9 Å². The van der Waals surface area contributed by atoms with E-state index in [0.717, 1.165) is 0 Å². The lowest BCUT2D eigenvalue weighted by Crippen LogP contribution is -2.09. The van der Waals surface area contributed by atoms with Crippen molar-refractivity contribution >= 4 is 28.8 Å². The van der Waals surface area contributed by atoms with E-state index in [-0.39, 0.29) is 4.99 Å². The Balaban J connectivity index is 2.40. The van der Waals surface area contributed by atoms with Crippen LogP contribution in [0.3, 0.4) is 0 Å². The highest BCUT2D eigenvalue weighted by molar-refractivity contribution is 7.80. The molecule has 0 heterocycles. The fraction of sp³-hybridized carbons (Fsp3) is 0.133. The summed E-state index contributed by atoms with van der Waals surface area (Å²) in [6, 6.07) is 10.4. The molecular formula is C15H14ClNO3S. The number of para-hydroxylation sites is 1. The fourth-order valence-corrected chi connectivity index (χ4v) is 2.11. The topological polar surface area (TPSA) is 53.7 Å². The van der Waals surface area contributed by atoms with Crippen molar-refractivity contribution in [1.29, 1.82) is 0 Å². The van der Waals surface area contributed by atoms with Crippen molar-refractivity contribution in [2.45, 2.75) is 0 Å². The molecule has 2 rings (SSSR count). The Kier molecular flexibility index (Phi) is 4.88. The van der Waals surface area contributed by atoms with Crippen molar-refractivity contribution in [2.24, 2.45) is 5.73 Å². The van der Waals surface area contributed by atoms with Crippen LogP contribution in [0.15, 0.2) is 36.4 Å². The lowest BCUT2D eigenvalue weighted by Gasteiger charge is -2.15. The van der Waals surface area contributed by atoms with Gasteiger partial charge in [0.1, 0.15) is 10.7 Å². The first-order chi connectivity index (χ1) is 10.1. The number of ether oxygens (including phenoxy) is 3. The molecule has 0 atom stereocenters. The van der Waals surface area contributed by atoms with Crippen molar-refractivity contribution in [3.63, 3.8) is 0 Å². The van der Waals surface area contributed by atoms with Gasteiger partial charge in [0.15, 0.2) is 11.5 Å². The third-order valence-electron chi connectivity index (χ3n) is 2.81. The minimum atomic E-state index is 0.276. The van der Waals surface area contributed by atoms with Crippen LogP contribution in [0.4, 0.5) is 0 Å². The normalized spacial score (nSPS) is 10.0. The Labute approximate surface area is 133 Å². The van der Waals surface area contributed by atoms with E-state index in [1.165, 1.54) is 0 Å². The second kappa shape index (κ2) is 6.65. The first kappa shape index (κ1) is 15.4. The Morgan fingerprint density at radius 2 is 1.67 bits per heavy atom. The summed E-state index contributed by atoms with van der Waals surface area (Å²) in [5.41, 5.74) is 6.24. The Morgan fingerprint density at radius 1 is 1.05 bits per heavy atom. The summed E-state index contributed by atoms with van der Waals surface area (Å²) in [5, 5.41) is 0.397. The van der Waals surface area contributed by atoms with Gasteiger partial charge >= 0.3 is 0 Å². The first-order valence-electron chi connectivity index (χ1n) is 6.05. The van der Waals surface area contributed by atoms with E-state index in [1.807, 2.05) is 6.07 Å². The quantitative estimate of drug-likeness (QED) is 0.849. The number of hydrogen-bond donors (Lipinski definition) is 1. The summed E-state index contributed by atoms with van der Waals surface area (Å²) in [5.74, 6) is 2.00. The van der Waals surface area contributed by atoms with Crippen molar-refractivity contribution in [3.05, 3.63) is 47.0 Å². The van der Waals surface area contributed by atoms with Gasteiger partial charge in [-0.1, -0.05) is 29.9 Å². The highest BCUT2D eigenvalue weighted by Crippen LogP contribution is 2.41. The fourth-order valence-electron chi connectivity index (χ4n) is 1.76. The van der Waals surface area contributed by atoms with Gasteiger partial charge in [-0.05, 0) is 30.3 Å². The van der Waals surface area contributed by atoms with Gasteiger partial charge in [0.05, 0.1) is 19.2 Å². The minimum Gasteiger partial charge on any atom is -0.493 e. The number of thiocarbonyl (C=S) groups is 1. The zero-order chi connectivity index (χ0) is 15.4. The molecule has 0 bridgehead atoms. The monoisotopic (exact) mass is 323 g/mol. The Morgan fingerprint density at radius 3 is 2.14 bits per heavy atom. The third-order valence-corrected chi connectivity index (χ3v) is 3.34. The third kappa shape index (κ3) is 3.37. The van der Waals surface area contributed by atoms with Crippen LogP contribution in [0.1, 0.15) is 5.56 Å². The van der Waals surface area contributed by atoms with E-state index in [9.17, 15) is 0 Å². The molecule has 2 aromatic carbocycles. The molecule has 0 aliphatic heterocycles. The second-order valence-electron chi connectivity index (χ2n) is 4.10. The molecule has 0 aliphatic carbocycles. The van der Waals surface area contributed by atoms with Crippen molar-refractivity contribution in [2.75, 3.05) is 14.2 Å². The van der Waals surface area contributed by atoms with Crippen LogP contribution in [0, 0.1) is 0 Å². The molecule has 21 heavy (non-hydrogen) atoms. The molecule has 2 aromatic rings. The van der Waals surface area contributed by atoms with Gasteiger partial charge < -0.3 is 19.9 Å². The standard InChI is InChI=1S/C15H14ClNO3S/c1-18-12-4-3-5-13(19-2)14(12)20-11-7-6-9(15(17)21)8-10(11)16/h3-8H,1-2H3,(H2,17,21). The minimum absolute atomic E-state index is 0.276. The maximum Gasteiger partial charge on any atom is 0.211 e. The number of methoxy groups -OCH3 is 2. The molecule has 0 aromatic heterocycles. The molecule has 0 saturated heterocycles. The summed E-state index contributed by atoms with van der Waals surface area (Å²) in [6.07, 6.45) is 0. The highest BCUT2D eigenvalue weighted by atomic mass is 35.5. The lowest BCUT2D eigenvalue weighted by molar-refractivity contribution is 0.346. The SMILES string of the molecule is COc1cccc(OC)c1Oc1ccc(C(N)=S)cc1Cl. The number of halogens is 1. The second-order valence-corrected chi connectivity index (χ2v) is 4.95. The van der Waals surface area contributed by atoms with E-state index in [2.05, 4.69) is 0 Å². The summed E-state index contributed by atoms with van der Waals surface area (Å²) < 4.78 is 16.4. The lowest BCUT2D eigenvalue weighted by atomic mass is 10.2. The molecule has 0 saturated carbocycles. The molecule has 6 heteroatoms. The number of rotatable bonds is 5. The highest BCUT2D eigenvalue weighted by Gasteiger charge is 2.14. The van der Waals surface area contributed by atoms with E-state index in [0.29, 0.717) is 33.6 Å².